The largest absolute Gasteiger partial charge is 0.397 e. The van der Waals surface area contributed by atoms with Gasteiger partial charge in [-0.1, -0.05) is 6.92 Å². The maximum Gasteiger partial charge on any atom is 0.397 e. The minimum absolute atomic E-state index is 0.0576. The van der Waals surface area contributed by atoms with E-state index in [0.29, 0.717) is 0 Å². The Balaban J connectivity index is 1.65. The highest BCUT2D eigenvalue weighted by Gasteiger charge is 2.56. The first-order valence-electron chi connectivity index (χ1n) is 19.7. The molecule has 0 spiro atoms. The van der Waals surface area contributed by atoms with Crippen molar-refractivity contribution in [3.63, 3.8) is 0 Å². The maximum atomic E-state index is 12.7. The van der Waals surface area contributed by atoms with Gasteiger partial charge in [0, 0.05) is 34.2 Å². The van der Waals surface area contributed by atoms with Gasteiger partial charge in [-0.2, -0.15) is 8.42 Å². The van der Waals surface area contributed by atoms with Crippen molar-refractivity contribution >= 4 is 34.0 Å². The molecule has 0 aliphatic carbocycles. The van der Waals surface area contributed by atoms with Crippen molar-refractivity contribution < 1.29 is 115 Å². The molecule has 4 aliphatic rings. The van der Waals surface area contributed by atoms with Gasteiger partial charge < -0.3 is 100.0 Å². The van der Waals surface area contributed by atoms with E-state index >= 15 is 0 Å². The number of likely N-dealkylation sites (N-methyl/N-ethyl adjacent to an activating group) is 1. The fourth-order valence-corrected chi connectivity index (χ4v) is 8.04. The van der Waals surface area contributed by atoms with E-state index in [4.69, 9.17) is 33.2 Å². The molecule has 0 bridgehead atoms. The lowest BCUT2D eigenvalue weighted by molar-refractivity contribution is -0.363. The van der Waals surface area contributed by atoms with Crippen LogP contribution in [0.3, 0.4) is 0 Å². The zero-order chi connectivity index (χ0) is 47.2. The van der Waals surface area contributed by atoms with Gasteiger partial charge in [-0.15, -0.1) is 0 Å². The molecule has 4 heterocycles. The van der Waals surface area contributed by atoms with Gasteiger partial charge in [0.25, 0.3) is 0 Å². The van der Waals surface area contributed by atoms with E-state index in [1.54, 1.807) is 0 Å². The Labute approximate surface area is 360 Å². The summed E-state index contributed by atoms with van der Waals surface area (Å²) in [4.78, 5) is 50.6. The van der Waals surface area contributed by atoms with Crippen molar-refractivity contribution in [3.8, 4) is 0 Å². The molecule has 63 heavy (non-hydrogen) atoms. The van der Waals surface area contributed by atoms with Gasteiger partial charge in [-0.25, -0.2) is 4.18 Å². The first-order valence-corrected chi connectivity index (χ1v) is 21.0. The molecule has 0 saturated carbocycles. The van der Waals surface area contributed by atoms with Crippen LogP contribution >= 0.6 is 0 Å². The summed E-state index contributed by atoms with van der Waals surface area (Å²) in [6, 6.07) is -6.50. The number of nitrogens with one attached hydrogen (secondary N) is 3. The molecule has 4 saturated heterocycles. The van der Waals surface area contributed by atoms with Crippen LogP contribution < -0.4 is 16.0 Å². The lowest BCUT2D eigenvalue weighted by Gasteiger charge is -2.51. The van der Waals surface area contributed by atoms with Crippen LogP contribution in [0.5, 0.6) is 0 Å². The average Bonchev–Trinajstić information content (AvgIpc) is 3.21. The number of hydrogen-bond acceptors (Lipinski definition) is 23. The number of carbonyl (C=O) groups is 4. The number of rotatable bonds is 17. The summed E-state index contributed by atoms with van der Waals surface area (Å²) in [6.07, 6.45) is -28.8. The van der Waals surface area contributed by atoms with E-state index in [0.717, 1.165) is 25.7 Å². The fourth-order valence-electron chi connectivity index (χ4n) is 7.73. The number of ether oxygens (including phenoxy) is 7. The van der Waals surface area contributed by atoms with Crippen molar-refractivity contribution in [2.75, 3.05) is 33.5 Å². The van der Waals surface area contributed by atoms with Crippen LogP contribution in [0, 0.1) is 0 Å². The first kappa shape index (κ1) is 52.7. The van der Waals surface area contributed by atoms with Crippen molar-refractivity contribution in [1.82, 2.24) is 20.9 Å². The second kappa shape index (κ2) is 22.5. The van der Waals surface area contributed by atoms with Crippen molar-refractivity contribution in [2.45, 2.75) is 157 Å². The summed E-state index contributed by atoms with van der Waals surface area (Å²) in [6.45, 7) is 0.719. The third-order valence-electron chi connectivity index (χ3n) is 10.8. The molecule has 0 aromatic rings. The SMILES string of the molecule is CCC(=O)N(C)[C@H]1[C@H](O[C@H]2C(O)[C@@H](NC(C)=O)[C@H](O[C@H]3[C@H](O)[C@@H](NC(C)=O)[C@H](O[C@H]4C(O)[C@@H](NC(C)=O)[C@H](O)O[C@@H]4COS(=O)(=O)O)O[C@@H]3CO)O[C@@H]2CO)O[C@H](CO)[C@@H](O)[C@@H]1O. The van der Waals surface area contributed by atoms with Crippen molar-refractivity contribution in [1.29, 1.82) is 0 Å². The molecule has 2 unspecified atom stereocenters. The van der Waals surface area contributed by atoms with E-state index < -0.39 is 183 Å². The zero-order valence-corrected chi connectivity index (χ0v) is 35.4. The Hall–Kier alpha value is -2.89. The van der Waals surface area contributed by atoms with E-state index in [1.807, 2.05) is 0 Å². The number of amides is 4. The monoisotopic (exact) mass is 938 g/mol. The van der Waals surface area contributed by atoms with Crippen LogP contribution in [0.1, 0.15) is 34.1 Å². The summed E-state index contributed by atoms with van der Waals surface area (Å²) in [7, 11) is -3.86. The number of hydrogen-bond donors (Lipinski definition) is 13. The molecule has 13 N–H and O–H groups in total. The van der Waals surface area contributed by atoms with Crippen LogP contribution in [-0.2, 0) is 66.9 Å². The molecule has 28 nitrogen and oxygen atoms in total. The molecule has 4 fully saturated rings. The van der Waals surface area contributed by atoms with Crippen LogP contribution in [0.15, 0.2) is 0 Å². The van der Waals surface area contributed by atoms with Crippen LogP contribution in [0.25, 0.3) is 0 Å². The van der Waals surface area contributed by atoms with E-state index in [1.165, 1.54) is 14.0 Å². The summed E-state index contributed by atoms with van der Waals surface area (Å²) < 4.78 is 77.2. The lowest BCUT2D eigenvalue weighted by Crippen LogP contribution is -2.71. The molecular weight excluding hydrogens is 880 g/mol. The fraction of sp³-hybridized carbons (Fsp3) is 0.882. The van der Waals surface area contributed by atoms with Crippen LogP contribution in [-0.4, -0.2) is 244 Å². The highest BCUT2D eigenvalue weighted by atomic mass is 32.3. The molecule has 29 heteroatoms. The third-order valence-corrected chi connectivity index (χ3v) is 11.2. The molecule has 20 atom stereocenters. The Morgan fingerprint density at radius 1 is 0.587 bits per heavy atom. The van der Waals surface area contributed by atoms with Gasteiger partial charge in [0.1, 0.15) is 97.4 Å². The van der Waals surface area contributed by atoms with Crippen molar-refractivity contribution in [2.24, 2.45) is 0 Å². The summed E-state index contributed by atoms with van der Waals surface area (Å²) in [5.74, 6) is -2.91. The highest BCUT2D eigenvalue weighted by molar-refractivity contribution is 7.80. The Morgan fingerprint density at radius 3 is 1.40 bits per heavy atom. The second-order valence-electron chi connectivity index (χ2n) is 15.2. The predicted octanol–water partition coefficient (Wildman–Crippen LogP) is -8.61. The molecule has 4 aliphatic heterocycles. The molecule has 4 rings (SSSR count). The van der Waals surface area contributed by atoms with E-state index in [-0.39, 0.29) is 6.42 Å². The Kier molecular flexibility index (Phi) is 18.9. The zero-order valence-electron chi connectivity index (χ0n) is 34.6. The van der Waals surface area contributed by atoms with Crippen LogP contribution in [0.4, 0.5) is 0 Å². The van der Waals surface area contributed by atoms with Gasteiger partial charge in [0.05, 0.1) is 26.4 Å². The molecule has 0 aromatic heterocycles. The maximum absolute atomic E-state index is 12.7. The normalized spacial score (nSPS) is 41.0. The quantitative estimate of drug-likeness (QED) is 0.0602. The molecule has 0 aromatic carbocycles. The minimum Gasteiger partial charge on any atom is -0.394 e. The van der Waals surface area contributed by atoms with E-state index in [9.17, 15) is 78.1 Å². The molecular formula is C34H58N4O24S. The van der Waals surface area contributed by atoms with Gasteiger partial charge in [0.15, 0.2) is 25.2 Å². The summed E-state index contributed by atoms with van der Waals surface area (Å²) >= 11 is 0. The molecule has 0 radical (unpaired) electrons. The van der Waals surface area contributed by atoms with Gasteiger partial charge >= 0.3 is 10.4 Å². The van der Waals surface area contributed by atoms with Gasteiger partial charge in [0.2, 0.25) is 23.6 Å². The Morgan fingerprint density at radius 2 is 0.984 bits per heavy atom. The average molecular weight is 939 g/mol. The van der Waals surface area contributed by atoms with Gasteiger partial charge in [-0.05, 0) is 0 Å². The highest BCUT2D eigenvalue weighted by Crippen LogP contribution is 2.35. The standard InChI is InChI=1S/C34H58N4O24S/c1-6-18(45)38(5)22-27(50)23(46)14(7-39)57-34(22)62-29-16(9-41)59-32(21(26(29)49)37-13(4)44)60-28-15(8-40)58-33(20(25(28)48)36-12(3)43)61-30-17(10-55-63(52,53)54)56-31(51)19(24(30)47)35-11(2)42/h14-17,19-34,39-41,46-51H,6-10H2,1-5H3,(H,35,42)(H,36,43)(H,37,44)(H,52,53,54)/t14-,15-,16-,17-,19-,20-,21-,22-,23-,24?,25-,26?,27-,28-,29-,30-,31-,32+,33+,34+/m1/s1. The van der Waals surface area contributed by atoms with E-state index in [2.05, 4.69) is 20.1 Å². The summed E-state index contributed by atoms with van der Waals surface area (Å²) in [5, 5.41) is 105. The number of aliphatic hydroxyl groups excluding tert-OH is 9. The number of aliphatic hydroxyl groups is 9. The lowest BCUT2D eigenvalue weighted by atomic mass is 9.93. The number of nitrogens with zero attached hydrogens (tertiary/aromatic N) is 1. The topological polar surface area (TPSA) is 418 Å². The summed E-state index contributed by atoms with van der Waals surface area (Å²) in [5.41, 5.74) is 0. The Bertz CT molecular complexity index is 1670. The second-order valence-corrected chi connectivity index (χ2v) is 16.3. The smallest absolute Gasteiger partial charge is 0.394 e. The first-order chi connectivity index (χ1) is 29.5. The predicted molar refractivity (Wildman–Crippen MR) is 200 cm³/mol. The van der Waals surface area contributed by atoms with Crippen molar-refractivity contribution in [3.05, 3.63) is 0 Å². The molecule has 364 valence electrons. The number of carbonyl (C=O) groups excluding carboxylic acids is 4. The minimum atomic E-state index is -5.14. The molecule has 4 amide bonds. The third kappa shape index (κ3) is 12.7. The van der Waals surface area contributed by atoms with Crippen LogP contribution in [0.2, 0.25) is 0 Å². The van der Waals surface area contributed by atoms with Gasteiger partial charge in [-0.3, -0.25) is 23.7 Å².